The van der Waals surface area contributed by atoms with Gasteiger partial charge in [0.05, 0.1) is 12.1 Å². The molecule has 0 fully saturated rings. The van der Waals surface area contributed by atoms with Crippen molar-refractivity contribution >= 4 is 24.0 Å². The maximum atomic E-state index is 12.6. The number of amides is 4. The molecule has 4 amide bonds. The molecule has 0 unspecified atom stereocenters. The van der Waals surface area contributed by atoms with Crippen LogP contribution >= 0.6 is 0 Å². The molecule has 0 bridgehead atoms. The largest absolute Gasteiger partial charge is 0.460 e. The lowest BCUT2D eigenvalue weighted by molar-refractivity contribution is -0.141. The second-order valence-corrected chi connectivity index (χ2v) is 11.0. The second-order valence-electron chi connectivity index (χ2n) is 11.0. The fraction of sp³-hybridized carbons (Fsp3) is 0.211. The number of benzene rings is 4. The van der Waals surface area contributed by atoms with Gasteiger partial charge >= 0.3 is 24.0 Å². The third-order valence-electron chi connectivity index (χ3n) is 7.12. The minimum Gasteiger partial charge on any atom is -0.460 e. The van der Waals surface area contributed by atoms with E-state index in [1.54, 1.807) is 0 Å². The van der Waals surface area contributed by atoms with E-state index >= 15 is 0 Å². The number of hydrogen-bond donors (Lipinski definition) is 4. The Morgan fingerprint density at radius 1 is 0.479 bits per heavy atom. The van der Waals surface area contributed by atoms with Crippen LogP contribution in [0.15, 0.2) is 133 Å². The number of nitrogens with one attached hydrogen (secondary N) is 4. The highest BCUT2D eigenvalue weighted by atomic mass is 16.5. The van der Waals surface area contributed by atoms with Gasteiger partial charge in [-0.3, -0.25) is 0 Å². The summed E-state index contributed by atoms with van der Waals surface area (Å²) in [6, 6.07) is 36.2. The summed E-state index contributed by atoms with van der Waals surface area (Å²) in [4.78, 5) is 50.2. The topological polar surface area (TPSA) is 135 Å². The van der Waals surface area contributed by atoms with Crippen LogP contribution in [-0.2, 0) is 45.0 Å². The van der Waals surface area contributed by atoms with Crippen molar-refractivity contribution in [2.45, 2.75) is 38.0 Å². The zero-order valence-corrected chi connectivity index (χ0v) is 26.5. The monoisotopic (exact) mass is 648 g/mol. The molecule has 10 heteroatoms. The van der Waals surface area contributed by atoms with Gasteiger partial charge in [0.2, 0.25) is 0 Å². The molecule has 0 aliphatic carbocycles. The molecule has 0 spiro atoms. The third-order valence-corrected chi connectivity index (χ3v) is 7.12. The van der Waals surface area contributed by atoms with Gasteiger partial charge in [0.25, 0.3) is 0 Å². The number of ether oxygens (including phenoxy) is 2. The molecule has 0 heterocycles. The Bertz CT molecular complexity index is 1480. The highest BCUT2D eigenvalue weighted by molar-refractivity contribution is 5.91. The summed E-state index contributed by atoms with van der Waals surface area (Å²) in [5.74, 6) is -1.54. The van der Waals surface area contributed by atoms with Crippen LogP contribution in [0.2, 0.25) is 0 Å². The molecule has 0 saturated heterocycles. The van der Waals surface area contributed by atoms with Crippen LogP contribution in [0.1, 0.15) is 22.3 Å². The smallest absolute Gasteiger partial charge is 0.331 e. The van der Waals surface area contributed by atoms with Crippen LogP contribution < -0.4 is 21.3 Å². The molecule has 4 N–H and O–H groups in total. The summed E-state index contributed by atoms with van der Waals surface area (Å²) in [5.41, 5.74) is 3.80. The molecule has 2 atom stereocenters. The Morgan fingerprint density at radius 2 is 0.792 bits per heavy atom. The first-order valence-corrected chi connectivity index (χ1v) is 15.7. The SMILES string of the molecule is O=C(NCc1ccccc1)N[C@@H](COC(=O)/C=C/C(=O)OC[C@@H](Cc1ccccc1)NC(=O)NCc1ccccc1)Cc1ccccc1. The number of esters is 2. The molecule has 10 nitrogen and oxygen atoms in total. The molecule has 0 aliphatic heterocycles. The van der Waals surface area contributed by atoms with Gasteiger partial charge in [-0.2, -0.15) is 0 Å². The van der Waals surface area contributed by atoms with E-state index in [1.807, 2.05) is 121 Å². The van der Waals surface area contributed by atoms with Crippen molar-refractivity contribution < 1.29 is 28.7 Å². The van der Waals surface area contributed by atoms with Gasteiger partial charge < -0.3 is 30.7 Å². The minimum atomic E-state index is -0.768. The van der Waals surface area contributed by atoms with Crippen LogP contribution in [0.5, 0.6) is 0 Å². The number of hydrogen-bond acceptors (Lipinski definition) is 6. The molecular formula is C38H40N4O6. The first-order valence-electron chi connectivity index (χ1n) is 15.7. The van der Waals surface area contributed by atoms with E-state index in [4.69, 9.17) is 9.47 Å². The maximum absolute atomic E-state index is 12.6. The lowest BCUT2D eigenvalue weighted by Gasteiger charge is -2.19. The third kappa shape index (κ3) is 13.6. The number of carbonyl (C=O) groups excluding carboxylic acids is 4. The molecule has 248 valence electrons. The summed E-state index contributed by atoms with van der Waals surface area (Å²) in [5, 5.41) is 11.3. The van der Waals surface area contributed by atoms with E-state index in [-0.39, 0.29) is 13.2 Å². The first kappa shape index (κ1) is 35.0. The second kappa shape index (κ2) is 19.6. The minimum absolute atomic E-state index is 0.118. The Kier molecular flexibility index (Phi) is 14.3. The van der Waals surface area contributed by atoms with Crippen LogP contribution in [0.4, 0.5) is 9.59 Å². The fourth-order valence-corrected chi connectivity index (χ4v) is 4.73. The standard InChI is InChI=1S/C38H40N4O6/c43-35(47-27-33(23-29-13-5-1-6-14-29)41-37(45)39-25-31-17-9-3-10-18-31)21-22-36(44)48-28-34(24-30-15-7-2-8-16-30)42-38(46)40-26-32-19-11-4-12-20-32/h1-22,33-34H,23-28H2,(H2,39,41,45)(H2,40,42,46)/b22-21+/t33-,34-/m1/s1. The lowest BCUT2D eigenvalue weighted by Crippen LogP contribution is -2.45. The van der Waals surface area contributed by atoms with Crippen molar-refractivity contribution in [3.63, 3.8) is 0 Å². The Labute approximate surface area is 280 Å². The van der Waals surface area contributed by atoms with Gasteiger partial charge in [-0.15, -0.1) is 0 Å². The van der Waals surface area contributed by atoms with E-state index < -0.39 is 36.1 Å². The number of urea groups is 2. The number of carbonyl (C=O) groups is 4. The maximum Gasteiger partial charge on any atom is 0.331 e. The van der Waals surface area contributed by atoms with Crippen LogP contribution in [-0.4, -0.2) is 49.3 Å². The normalized spacial score (nSPS) is 11.9. The van der Waals surface area contributed by atoms with Crippen molar-refractivity contribution in [2.24, 2.45) is 0 Å². The molecule has 48 heavy (non-hydrogen) atoms. The van der Waals surface area contributed by atoms with E-state index in [9.17, 15) is 19.2 Å². The average Bonchev–Trinajstić information content (AvgIpc) is 3.12. The molecule has 0 aliphatic rings. The zero-order valence-electron chi connectivity index (χ0n) is 26.5. The molecule has 0 saturated carbocycles. The van der Waals surface area contributed by atoms with Gasteiger partial charge in [-0.25, -0.2) is 19.2 Å². The molecule has 4 aromatic carbocycles. The summed E-state index contributed by atoms with van der Waals surface area (Å²) in [7, 11) is 0. The van der Waals surface area contributed by atoms with Gasteiger partial charge in [0.15, 0.2) is 0 Å². The van der Waals surface area contributed by atoms with Crippen molar-refractivity contribution in [1.29, 1.82) is 0 Å². The molecule has 4 rings (SSSR count). The van der Waals surface area contributed by atoms with Crippen LogP contribution in [0.3, 0.4) is 0 Å². The van der Waals surface area contributed by atoms with Crippen molar-refractivity contribution in [3.8, 4) is 0 Å². The first-order chi connectivity index (χ1) is 23.4. The average molecular weight is 649 g/mol. The van der Waals surface area contributed by atoms with Crippen LogP contribution in [0, 0.1) is 0 Å². The van der Waals surface area contributed by atoms with Crippen molar-refractivity contribution in [2.75, 3.05) is 13.2 Å². The van der Waals surface area contributed by atoms with Gasteiger partial charge in [0, 0.05) is 25.2 Å². The van der Waals surface area contributed by atoms with Crippen molar-refractivity contribution in [1.82, 2.24) is 21.3 Å². The predicted octanol–water partition coefficient (Wildman–Crippen LogP) is 4.85. The predicted molar refractivity (Wildman–Crippen MR) is 183 cm³/mol. The van der Waals surface area contributed by atoms with Gasteiger partial charge in [0.1, 0.15) is 13.2 Å². The van der Waals surface area contributed by atoms with E-state index in [0.717, 1.165) is 34.4 Å². The Balaban J connectivity index is 1.26. The molecule has 0 aromatic heterocycles. The Hall–Kier alpha value is -5.90. The number of rotatable bonds is 16. The lowest BCUT2D eigenvalue weighted by atomic mass is 10.1. The summed E-state index contributed by atoms with van der Waals surface area (Å²) < 4.78 is 10.7. The quantitative estimate of drug-likeness (QED) is 0.101. The summed E-state index contributed by atoms with van der Waals surface area (Å²) >= 11 is 0. The Morgan fingerprint density at radius 3 is 1.12 bits per heavy atom. The van der Waals surface area contributed by atoms with Crippen LogP contribution in [0.25, 0.3) is 0 Å². The van der Waals surface area contributed by atoms with Crippen molar-refractivity contribution in [3.05, 3.63) is 156 Å². The van der Waals surface area contributed by atoms with E-state index in [1.165, 1.54) is 0 Å². The molecular weight excluding hydrogens is 608 g/mol. The van der Waals surface area contributed by atoms with E-state index in [2.05, 4.69) is 21.3 Å². The zero-order chi connectivity index (χ0) is 33.8. The summed E-state index contributed by atoms with van der Waals surface area (Å²) in [6.45, 7) is 0.449. The van der Waals surface area contributed by atoms with Gasteiger partial charge in [-0.05, 0) is 35.1 Å². The van der Waals surface area contributed by atoms with Gasteiger partial charge in [-0.1, -0.05) is 121 Å². The molecule has 0 radical (unpaired) electrons. The fourth-order valence-electron chi connectivity index (χ4n) is 4.73. The highest BCUT2D eigenvalue weighted by Gasteiger charge is 2.17. The van der Waals surface area contributed by atoms with E-state index in [0.29, 0.717) is 25.9 Å². The highest BCUT2D eigenvalue weighted by Crippen LogP contribution is 2.07. The summed E-state index contributed by atoms with van der Waals surface area (Å²) in [6.07, 6.45) is 2.80. The molecule has 4 aromatic rings.